The highest BCUT2D eigenvalue weighted by molar-refractivity contribution is 6.40. The Morgan fingerprint density at radius 3 is 2.90 bits per heavy atom. The zero-order valence-electron chi connectivity index (χ0n) is 16.8. The number of amides is 2. The number of fused-ring (bicyclic) bond motifs is 1. The number of hydrogen-bond acceptors (Lipinski definition) is 7. The normalized spacial score (nSPS) is 18.9. The summed E-state index contributed by atoms with van der Waals surface area (Å²) < 4.78 is 5.26. The van der Waals surface area contributed by atoms with E-state index in [0.29, 0.717) is 34.7 Å². The standard InChI is InChI=1S/C20H23N7O3/c1-11-3-4-16(12-5-13(30-2)7-22-6-12)27(10-11)20(29)19(28)25-15-9-23-18(21)14-8-24-26-17(14)15/h5-9,11,16H,3-4,10H2,1-2H3,(H2,21,23)(H,24,26)(H,25,28). The molecule has 0 radical (unpaired) electrons. The Balaban J connectivity index is 1.59. The van der Waals surface area contributed by atoms with Gasteiger partial charge in [0.25, 0.3) is 0 Å². The monoisotopic (exact) mass is 409 g/mol. The number of nitrogens with one attached hydrogen (secondary N) is 2. The predicted molar refractivity (Wildman–Crippen MR) is 111 cm³/mol. The third-order valence-electron chi connectivity index (χ3n) is 5.39. The molecular weight excluding hydrogens is 386 g/mol. The van der Waals surface area contributed by atoms with Gasteiger partial charge >= 0.3 is 11.8 Å². The quantitative estimate of drug-likeness (QED) is 0.561. The molecule has 1 saturated heterocycles. The van der Waals surface area contributed by atoms with Crippen LogP contribution < -0.4 is 15.8 Å². The second-order valence-corrected chi connectivity index (χ2v) is 7.48. The molecule has 1 aliphatic rings. The number of pyridine rings is 2. The first-order chi connectivity index (χ1) is 14.5. The van der Waals surface area contributed by atoms with Crippen molar-refractivity contribution in [2.75, 3.05) is 24.7 Å². The Hall–Kier alpha value is -3.69. The van der Waals surface area contributed by atoms with E-state index in [1.165, 1.54) is 12.4 Å². The van der Waals surface area contributed by atoms with Crippen molar-refractivity contribution in [1.29, 1.82) is 0 Å². The number of aromatic nitrogens is 4. The van der Waals surface area contributed by atoms with E-state index in [2.05, 4.69) is 32.4 Å². The van der Waals surface area contributed by atoms with Gasteiger partial charge in [-0.15, -0.1) is 0 Å². The number of carbonyl (C=O) groups excluding carboxylic acids is 2. The van der Waals surface area contributed by atoms with Crippen LogP contribution in [-0.4, -0.2) is 50.5 Å². The molecule has 0 saturated carbocycles. The lowest BCUT2D eigenvalue weighted by molar-refractivity contribution is -0.146. The van der Waals surface area contributed by atoms with Gasteiger partial charge in [-0.2, -0.15) is 5.10 Å². The largest absolute Gasteiger partial charge is 0.495 e. The maximum Gasteiger partial charge on any atom is 0.314 e. The minimum Gasteiger partial charge on any atom is -0.495 e. The molecule has 4 heterocycles. The molecule has 1 aliphatic heterocycles. The topological polar surface area (TPSA) is 139 Å². The fourth-order valence-corrected chi connectivity index (χ4v) is 3.81. The fraction of sp³-hybridized carbons (Fsp3) is 0.350. The van der Waals surface area contributed by atoms with Gasteiger partial charge in [-0.05, 0) is 30.4 Å². The van der Waals surface area contributed by atoms with Crippen LogP contribution in [0.15, 0.2) is 30.9 Å². The smallest absolute Gasteiger partial charge is 0.314 e. The molecule has 0 aliphatic carbocycles. The van der Waals surface area contributed by atoms with Crippen LogP contribution in [-0.2, 0) is 9.59 Å². The molecular formula is C20H23N7O3. The summed E-state index contributed by atoms with van der Waals surface area (Å²) in [6, 6.07) is 1.60. The highest BCUT2D eigenvalue weighted by Gasteiger charge is 2.34. The number of methoxy groups -OCH3 is 1. The zero-order chi connectivity index (χ0) is 21.3. The second kappa shape index (κ2) is 7.97. The molecule has 0 aromatic carbocycles. The van der Waals surface area contributed by atoms with Crippen molar-refractivity contribution in [1.82, 2.24) is 25.1 Å². The number of H-pyrrole nitrogens is 1. The van der Waals surface area contributed by atoms with E-state index in [4.69, 9.17) is 10.5 Å². The average molecular weight is 409 g/mol. The SMILES string of the molecule is COc1cncc(C2CCC(C)CN2C(=O)C(=O)Nc2cnc(N)c3cn[nH]c23)c1. The summed E-state index contributed by atoms with van der Waals surface area (Å²) in [4.78, 5) is 35.8. The summed E-state index contributed by atoms with van der Waals surface area (Å²) in [5.41, 5.74) is 7.53. The minimum atomic E-state index is -0.743. The van der Waals surface area contributed by atoms with Crippen LogP contribution in [0.4, 0.5) is 11.5 Å². The van der Waals surface area contributed by atoms with Crippen molar-refractivity contribution >= 4 is 34.2 Å². The number of hydrogen-bond donors (Lipinski definition) is 3. The maximum atomic E-state index is 13.1. The first-order valence-electron chi connectivity index (χ1n) is 9.66. The zero-order valence-corrected chi connectivity index (χ0v) is 16.8. The molecule has 30 heavy (non-hydrogen) atoms. The van der Waals surface area contributed by atoms with Crippen molar-refractivity contribution in [2.24, 2.45) is 5.92 Å². The van der Waals surface area contributed by atoms with Gasteiger partial charge < -0.3 is 20.7 Å². The second-order valence-electron chi connectivity index (χ2n) is 7.48. The van der Waals surface area contributed by atoms with Crippen LogP contribution >= 0.6 is 0 Å². The number of ether oxygens (including phenoxy) is 1. The number of aromatic amines is 1. The molecule has 3 aromatic heterocycles. The molecule has 4 rings (SSSR count). The maximum absolute atomic E-state index is 13.1. The van der Waals surface area contributed by atoms with Gasteiger partial charge in [-0.3, -0.25) is 19.7 Å². The number of likely N-dealkylation sites (tertiary alicyclic amines) is 1. The highest BCUT2D eigenvalue weighted by Crippen LogP contribution is 2.34. The van der Waals surface area contributed by atoms with E-state index in [0.717, 1.165) is 18.4 Å². The van der Waals surface area contributed by atoms with Crippen molar-refractivity contribution in [2.45, 2.75) is 25.8 Å². The molecule has 2 amide bonds. The van der Waals surface area contributed by atoms with Crippen molar-refractivity contribution in [3.8, 4) is 5.75 Å². The molecule has 0 bridgehead atoms. The Bertz CT molecular complexity index is 1100. The highest BCUT2D eigenvalue weighted by atomic mass is 16.5. The summed E-state index contributed by atoms with van der Waals surface area (Å²) in [5.74, 6) is -0.170. The first-order valence-corrected chi connectivity index (χ1v) is 9.66. The molecule has 10 nitrogen and oxygen atoms in total. The van der Waals surface area contributed by atoms with Gasteiger partial charge in [0, 0.05) is 12.7 Å². The molecule has 10 heteroatoms. The van der Waals surface area contributed by atoms with Crippen LogP contribution in [0, 0.1) is 5.92 Å². The van der Waals surface area contributed by atoms with E-state index in [1.54, 1.807) is 24.4 Å². The molecule has 2 atom stereocenters. The molecule has 2 unspecified atom stereocenters. The minimum absolute atomic E-state index is 0.251. The van der Waals surface area contributed by atoms with Crippen LogP contribution in [0.2, 0.25) is 0 Å². The van der Waals surface area contributed by atoms with Crippen molar-refractivity contribution in [3.05, 3.63) is 36.4 Å². The third-order valence-corrected chi connectivity index (χ3v) is 5.39. The number of rotatable bonds is 3. The molecule has 3 aromatic rings. The number of piperidine rings is 1. The van der Waals surface area contributed by atoms with Gasteiger partial charge in [-0.25, -0.2) is 4.98 Å². The van der Waals surface area contributed by atoms with E-state index in [-0.39, 0.29) is 12.0 Å². The van der Waals surface area contributed by atoms with Crippen LogP contribution in [0.3, 0.4) is 0 Å². The van der Waals surface area contributed by atoms with Crippen LogP contribution in [0.5, 0.6) is 5.75 Å². The van der Waals surface area contributed by atoms with Gasteiger partial charge in [0.05, 0.1) is 48.3 Å². The Morgan fingerprint density at radius 1 is 1.27 bits per heavy atom. The molecule has 1 fully saturated rings. The fourth-order valence-electron chi connectivity index (χ4n) is 3.81. The Labute approximate surface area is 172 Å². The summed E-state index contributed by atoms with van der Waals surface area (Å²) in [5, 5.41) is 9.93. The van der Waals surface area contributed by atoms with Crippen molar-refractivity contribution < 1.29 is 14.3 Å². The third kappa shape index (κ3) is 3.63. The summed E-state index contributed by atoms with van der Waals surface area (Å²) in [6.45, 7) is 2.55. The predicted octanol–water partition coefficient (Wildman–Crippen LogP) is 1.88. The average Bonchev–Trinajstić information content (AvgIpc) is 3.26. The summed E-state index contributed by atoms with van der Waals surface area (Å²) in [6.07, 6.45) is 7.93. The van der Waals surface area contributed by atoms with Crippen LogP contribution in [0.1, 0.15) is 31.4 Å². The van der Waals surface area contributed by atoms with E-state index >= 15 is 0 Å². The van der Waals surface area contributed by atoms with E-state index < -0.39 is 11.8 Å². The number of nitrogens with zero attached hydrogens (tertiary/aromatic N) is 4. The molecule has 156 valence electrons. The lowest BCUT2D eigenvalue weighted by Crippen LogP contribution is -2.46. The summed E-state index contributed by atoms with van der Waals surface area (Å²) in [7, 11) is 1.57. The number of anilines is 2. The van der Waals surface area contributed by atoms with E-state index in [1.807, 2.05) is 6.07 Å². The molecule has 4 N–H and O–H groups in total. The molecule has 0 spiro atoms. The number of nitrogen functional groups attached to an aromatic ring is 1. The first kappa shape index (κ1) is 19.6. The van der Waals surface area contributed by atoms with Gasteiger partial charge in [-0.1, -0.05) is 6.92 Å². The van der Waals surface area contributed by atoms with Crippen molar-refractivity contribution in [3.63, 3.8) is 0 Å². The van der Waals surface area contributed by atoms with Gasteiger partial charge in [0.2, 0.25) is 0 Å². The van der Waals surface area contributed by atoms with Gasteiger partial charge in [0.1, 0.15) is 11.6 Å². The lowest BCUT2D eigenvalue weighted by Gasteiger charge is -2.38. The Morgan fingerprint density at radius 2 is 2.10 bits per heavy atom. The van der Waals surface area contributed by atoms with Gasteiger partial charge in [0.15, 0.2) is 0 Å². The number of nitrogens with two attached hydrogens (primary N) is 1. The van der Waals surface area contributed by atoms with Crippen LogP contribution in [0.25, 0.3) is 10.9 Å². The summed E-state index contributed by atoms with van der Waals surface area (Å²) >= 11 is 0. The Kier molecular flexibility index (Phi) is 5.21. The lowest BCUT2D eigenvalue weighted by atomic mass is 9.90. The van der Waals surface area contributed by atoms with E-state index in [9.17, 15) is 9.59 Å². The number of carbonyl (C=O) groups is 2.